The highest BCUT2D eigenvalue weighted by atomic mass is 16.7. The van der Waals surface area contributed by atoms with E-state index in [0.29, 0.717) is 13.2 Å². The van der Waals surface area contributed by atoms with Gasteiger partial charge in [-0.05, 0) is 12.1 Å². The van der Waals surface area contributed by atoms with E-state index < -0.39 is 0 Å². The van der Waals surface area contributed by atoms with Crippen molar-refractivity contribution in [1.82, 2.24) is 0 Å². The van der Waals surface area contributed by atoms with Gasteiger partial charge < -0.3 is 14.6 Å². The highest BCUT2D eigenvalue weighted by Crippen LogP contribution is 2.22. The van der Waals surface area contributed by atoms with Crippen molar-refractivity contribution in [3.63, 3.8) is 0 Å². The van der Waals surface area contributed by atoms with Crippen molar-refractivity contribution < 1.29 is 14.6 Å². The topological polar surface area (TPSA) is 38.7 Å². The standard InChI is InChI=1S/C12H12O3/c13-7-1-2-10-3-5-11(6-4-10)12-14-8-9-15-12/h3-6,12-13H,7-9H2. The summed E-state index contributed by atoms with van der Waals surface area (Å²) in [7, 11) is 0. The molecule has 0 spiro atoms. The Bertz CT molecular complexity index is 366. The Balaban J connectivity index is 2.09. The third-order valence-electron chi connectivity index (χ3n) is 2.12. The van der Waals surface area contributed by atoms with Gasteiger partial charge in [-0.1, -0.05) is 24.0 Å². The summed E-state index contributed by atoms with van der Waals surface area (Å²) >= 11 is 0. The molecule has 15 heavy (non-hydrogen) atoms. The monoisotopic (exact) mass is 204 g/mol. The molecule has 0 aromatic heterocycles. The van der Waals surface area contributed by atoms with Gasteiger partial charge in [-0.25, -0.2) is 0 Å². The second-order valence-corrected chi connectivity index (χ2v) is 3.16. The minimum atomic E-state index is -0.232. The molecule has 78 valence electrons. The summed E-state index contributed by atoms with van der Waals surface area (Å²) in [5, 5.41) is 8.54. The summed E-state index contributed by atoms with van der Waals surface area (Å²) in [6, 6.07) is 7.64. The number of benzene rings is 1. The van der Waals surface area contributed by atoms with Crippen molar-refractivity contribution in [3.05, 3.63) is 35.4 Å². The van der Waals surface area contributed by atoms with Crippen LogP contribution in [0, 0.1) is 11.8 Å². The fourth-order valence-electron chi connectivity index (χ4n) is 1.42. The van der Waals surface area contributed by atoms with Crippen molar-refractivity contribution >= 4 is 0 Å². The molecule has 3 heteroatoms. The highest BCUT2D eigenvalue weighted by Gasteiger charge is 2.17. The third kappa shape index (κ3) is 2.57. The largest absolute Gasteiger partial charge is 0.384 e. The van der Waals surface area contributed by atoms with Gasteiger partial charge in [0, 0.05) is 11.1 Å². The molecule has 1 heterocycles. The summed E-state index contributed by atoms with van der Waals surface area (Å²) in [5.74, 6) is 5.43. The van der Waals surface area contributed by atoms with Crippen LogP contribution in [0.3, 0.4) is 0 Å². The van der Waals surface area contributed by atoms with E-state index in [4.69, 9.17) is 14.6 Å². The Morgan fingerprint density at radius 2 is 1.87 bits per heavy atom. The van der Waals surface area contributed by atoms with Gasteiger partial charge in [-0.2, -0.15) is 0 Å². The van der Waals surface area contributed by atoms with E-state index in [1.54, 1.807) is 0 Å². The van der Waals surface area contributed by atoms with E-state index >= 15 is 0 Å². The summed E-state index contributed by atoms with van der Waals surface area (Å²) < 4.78 is 10.7. The lowest BCUT2D eigenvalue weighted by Gasteiger charge is -2.08. The molecular formula is C12H12O3. The molecule has 1 N–H and O–H groups in total. The molecule has 0 atom stereocenters. The smallest absolute Gasteiger partial charge is 0.184 e. The van der Waals surface area contributed by atoms with Crippen LogP contribution >= 0.6 is 0 Å². The average molecular weight is 204 g/mol. The number of rotatable bonds is 1. The SMILES string of the molecule is OCC#Cc1ccc(C2OCCO2)cc1. The molecule has 1 aliphatic heterocycles. The normalized spacial score (nSPS) is 16.1. The van der Waals surface area contributed by atoms with Crippen LogP contribution in [0.15, 0.2) is 24.3 Å². The summed E-state index contributed by atoms with van der Waals surface area (Å²) in [5.41, 5.74) is 1.88. The number of hydrogen-bond acceptors (Lipinski definition) is 3. The lowest BCUT2D eigenvalue weighted by molar-refractivity contribution is -0.0441. The lowest BCUT2D eigenvalue weighted by atomic mass is 10.1. The zero-order valence-electron chi connectivity index (χ0n) is 8.27. The van der Waals surface area contributed by atoms with E-state index in [9.17, 15) is 0 Å². The average Bonchev–Trinajstić information content (AvgIpc) is 2.80. The maximum atomic E-state index is 8.54. The number of hydrogen-bond donors (Lipinski definition) is 1. The van der Waals surface area contributed by atoms with Gasteiger partial charge in [-0.15, -0.1) is 0 Å². The van der Waals surface area contributed by atoms with Crippen LogP contribution in [0.2, 0.25) is 0 Å². The van der Waals surface area contributed by atoms with Crippen molar-refractivity contribution in [2.45, 2.75) is 6.29 Å². The van der Waals surface area contributed by atoms with Gasteiger partial charge in [0.1, 0.15) is 6.61 Å². The summed E-state index contributed by atoms with van der Waals surface area (Å²) in [6.07, 6.45) is -0.232. The van der Waals surface area contributed by atoms with Gasteiger partial charge in [-0.3, -0.25) is 0 Å². The van der Waals surface area contributed by atoms with Gasteiger partial charge >= 0.3 is 0 Å². The van der Waals surface area contributed by atoms with Crippen LogP contribution in [-0.2, 0) is 9.47 Å². The first kappa shape index (κ1) is 10.2. The van der Waals surface area contributed by atoms with Gasteiger partial charge in [0.15, 0.2) is 6.29 Å². The molecule has 1 aliphatic rings. The van der Waals surface area contributed by atoms with Crippen molar-refractivity contribution in [2.75, 3.05) is 19.8 Å². The molecule has 0 saturated carbocycles. The minimum Gasteiger partial charge on any atom is -0.384 e. The Morgan fingerprint density at radius 1 is 1.20 bits per heavy atom. The predicted octanol–water partition coefficient (Wildman–Crippen LogP) is 1.08. The Hall–Kier alpha value is -1.34. The van der Waals surface area contributed by atoms with Crippen LogP contribution in [0.25, 0.3) is 0 Å². The molecule has 0 bridgehead atoms. The number of aliphatic hydroxyl groups excluding tert-OH is 1. The summed E-state index contributed by atoms with van der Waals surface area (Å²) in [4.78, 5) is 0. The molecule has 3 nitrogen and oxygen atoms in total. The van der Waals surface area contributed by atoms with Crippen molar-refractivity contribution in [1.29, 1.82) is 0 Å². The van der Waals surface area contributed by atoms with E-state index in [0.717, 1.165) is 11.1 Å². The van der Waals surface area contributed by atoms with Gasteiger partial charge in [0.25, 0.3) is 0 Å². The first-order chi connectivity index (χ1) is 7.40. The zero-order chi connectivity index (χ0) is 10.5. The fraction of sp³-hybridized carbons (Fsp3) is 0.333. The Labute approximate surface area is 88.6 Å². The van der Waals surface area contributed by atoms with Crippen molar-refractivity contribution in [3.8, 4) is 11.8 Å². The Morgan fingerprint density at radius 3 is 2.47 bits per heavy atom. The molecule has 1 aromatic rings. The molecule has 0 radical (unpaired) electrons. The molecule has 1 saturated heterocycles. The first-order valence-corrected chi connectivity index (χ1v) is 4.83. The molecule has 1 fully saturated rings. The predicted molar refractivity (Wildman–Crippen MR) is 55.1 cm³/mol. The second-order valence-electron chi connectivity index (χ2n) is 3.16. The fourth-order valence-corrected chi connectivity index (χ4v) is 1.42. The molecule has 0 unspecified atom stereocenters. The highest BCUT2D eigenvalue weighted by molar-refractivity contribution is 5.36. The van der Waals surface area contributed by atoms with Crippen LogP contribution in [-0.4, -0.2) is 24.9 Å². The quantitative estimate of drug-likeness (QED) is 0.695. The Kier molecular flexibility index (Phi) is 3.36. The molecular weight excluding hydrogens is 192 g/mol. The van der Waals surface area contributed by atoms with Crippen LogP contribution in [0.5, 0.6) is 0 Å². The molecule has 0 amide bonds. The molecule has 2 rings (SSSR count). The van der Waals surface area contributed by atoms with Gasteiger partial charge in [0.05, 0.1) is 13.2 Å². The molecule has 1 aromatic carbocycles. The second kappa shape index (κ2) is 4.94. The number of ether oxygens (including phenoxy) is 2. The number of aliphatic hydroxyl groups is 1. The third-order valence-corrected chi connectivity index (χ3v) is 2.12. The van der Waals surface area contributed by atoms with Crippen LogP contribution in [0.4, 0.5) is 0 Å². The first-order valence-electron chi connectivity index (χ1n) is 4.83. The van der Waals surface area contributed by atoms with E-state index in [-0.39, 0.29) is 12.9 Å². The lowest BCUT2D eigenvalue weighted by Crippen LogP contribution is -1.97. The van der Waals surface area contributed by atoms with E-state index in [1.165, 1.54) is 0 Å². The maximum absolute atomic E-state index is 8.54. The van der Waals surface area contributed by atoms with E-state index in [2.05, 4.69) is 11.8 Å². The van der Waals surface area contributed by atoms with Gasteiger partial charge in [0.2, 0.25) is 0 Å². The summed E-state index contributed by atoms with van der Waals surface area (Å²) in [6.45, 7) is 1.18. The van der Waals surface area contributed by atoms with E-state index in [1.807, 2.05) is 24.3 Å². The van der Waals surface area contributed by atoms with Crippen LogP contribution in [0.1, 0.15) is 17.4 Å². The zero-order valence-corrected chi connectivity index (χ0v) is 8.27. The maximum Gasteiger partial charge on any atom is 0.184 e. The van der Waals surface area contributed by atoms with Crippen molar-refractivity contribution in [2.24, 2.45) is 0 Å². The molecule has 0 aliphatic carbocycles. The van der Waals surface area contributed by atoms with Crippen LogP contribution < -0.4 is 0 Å². The minimum absolute atomic E-state index is 0.114.